The first-order valence-corrected chi connectivity index (χ1v) is 8.29. The summed E-state index contributed by atoms with van der Waals surface area (Å²) in [5.74, 6) is 1.60. The smallest absolute Gasteiger partial charge is 0.162 e. The van der Waals surface area contributed by atoms with Gasteiger partial charge in [0.2, 0.25) is 0 Å². The molecule has 0 fully saturated rings. The lowest BCUT2D eigenvalue weighted by molar-refractivity contribution is 0.0982. The van der Waals surface area contributed by atoms with Gasteiger partial charge in [0.1, 0.15) is 5.82 Å². The average Bonchev–Trinajstić information content (AvgIpc) is 2.49. The van der Waals surface area contributed by atoms with Crippen molar-refractivity contribution < 1.29 is 9.18 Å². The van der Waals surface area contributed by atoms with Gasteiger partial charge in [-0.1, -0.05) is 23.7 Å². The van der Waals surface area contributed by atoms with Gasteiger partial charge in [0.25, 0.3) is 0 Å². The molecule has 0 aliphatic carbocycles. The first-order chi connectivity index (χ1) is 10.1. The van der Waals surface area contributed by atoms with Crippen LogP contribution in [0.4, 0.5) is 4.39 Å². The van der Waals surface area contributed by atoms with E-state index in [9.17, 15) is 9.18 Å². The van der Waals surface area contributed by atoms with E-state index in [1.165, 1.54) is 17.7 Å². The fourth-order valence-electron chi connectivity index (χ4n) is 1.89. The van der Waals surface area contributed by atoms with E-state index in [-0.39, 0.29) is 11.6 Å². The quantitative estimate of drug-likeness (QED) is 0.503. The summed E-state index contributed by atoms with van der Waals surface area (Å²) in [6, 6.07) is 13.5. The lowest BCUT2D eigenvalue weighted by Gasteiger charge is -2.03. The summed E-state index contributed by atoms with van der Waals surface area (Å²) in [6.45, 7) is 0. The maximum Gasteiger partial charge on any atom is 0.162 e. The predicted octanol–water partition coefficient (Wildman–Crippen LogP) is 5.38. The van der Waals surface area contributed by atoms with Crippen LogP contribution in [0.25, 0.3) is 0 Å². The van der Waals surface area contributed by atoms with Crippen LogP contribution in [0, 0.1) is 5.82 Å². The third kappa shape index (κ3) is 5.52. The van der Waals surface area contributed by atoms with Gasteiger partial charge >= 0.3 is 0 Å². The van der Waals surface area contributed by atoms with Gasteiger partial charge < -0.3 is 0 Å². The highest BCUT2D eigenvalue weighted by Crippen LogP contribution is 2.17. The Hall–Kier alpha value is -1.32. The van der Waals surface area contributed by atoms with Gasteiger partial charge in [0, 0.05) is 22.8 Å². The van der Waals surface area contributed by atoms with Crippen LogP contribution in [0.15, 0.2) is 48.5 Å². The van der Waals surface area contributed by atoms with Gasteiger partial charge in [-0.25, -0.2) is 4.39 Å². The number of rotatable bonds is 7. The Kier molecular flexibility index (Phi) is 6.27. The molecule has 2 rings (SSSR count). The number of benzene rings is 2. The summed E-state index contributed by atoms with van der Waals surface area (Å²) < 4.78 is 12.8. The molecule has 110 valence electrons. The highest BCUT2D eigenvalue weighted by molar-refractivity contribution is 7.98. The van der Waals surface area contributed by atoms with Crippen molar-refractivity contribution in [3.8, 4) is 0 Å². The largest absolute Gasteiger partial charge is 0.294 e. The molecule has 0 amide bonds. The van der Waals surface area contributed by atoms with Gasteiger partial charge in [-0.2, -0.15) is 11.8 Å². The van der Waals surface area contributed by atoms with Crippen LogP contribution in [0.2, 0.25) is 5.02 Å². The molecule has 1 nitrogen and oxygen atoms in total. The molecule has 0 heterocycles. The van der Waals surface area contributed by atoms with Crippen LogP contribution >= 0.6 is 23.4 Å². The summed E-state index contributed by atoms with van der Waals surface area (Å²) in [5, 5.41) is 0.744. The fraction of sp³-hybridized carbons (Fsp3) is 0.235. The van der Waals surface area contributed by atoms with Crippen LogP contribution in [0.1, 0.15) is 28.8 Å². The molecule has 2 aromatic carbocycles. The third-order valence-electron chi connectivity index (χ3n) is 3.04. The van der Waals surface area contributed by atoms with Gasteiger partial charge in [-0.15, -0.1) is 0 Å². The van der Waals surface area contributed by atoms with E-state index in [1.807, 2.05) is 24.3 Å². The van der Waals surface area contributed by atoms with E-state index in [1.54, 1.807) is 23.9 Å². The van der Waals surface area contributed by atoms with E-state index in [0.717, 1.165) is 22.9 Å². The molecular weight excluding hydrogens is 307 g/mol. The van der Waals surface area contributed by atoms with Crippen LogP contribution in [0.3, 0.4) is 0 Å². The summed E-state index contributed by atoms with van der Waals surface area (Å²) in [6.07, 6.45) is 1.33. The normalized spacial score (nSPS) is 10.6. The van der Waals surface area contributed by atoms with Gasteiger partial charge in [0.15, 0.2) is 5.78 Å². The first kappa shape index (κ1) is 16.1. The number of hydrogen-bond acceptors (Lipinski definition) is 2. The molecular formula is C17H16ClFOS. The van der Waals surface area contributed by atoms with Crippen molar-refractivity contribution in [2.75, 3.05) is 5.75 Å². The molecule has 2 aromatic rings. The zero-order chi connectivity index (χ0) is 15.1. The maximum absolute atomic E-state index is 12.8. The molecule has 0 aliphatic heterocycles. The second kappa shape index (κ2) is 8.20. The highest BCUT2D eigenvalue weighted by Gasteiger charge is 2.05. The van der Waals surface area contributed by atoms with Gasteiger partial charge in [0.05, 0.1) is 0 Å². The zero-order valence-electron chi connectivity index (χ0n) is 11.5. The molecule has 0 aromatic heterocycles. The molecule has 0 saturated heterocycles. The summed E-state index contributed by atoms with van der Waals surface area (Å²) in [4.78, 5) is 11.9. The van der Waals surface area contributed by atoms with E-state index in [0.29, 0.717) is 12.0 Å². The van der Waals surface area contributed by atoms with Crippen molar-refractivity contribution in [1.29, 1.82) is 0 Å². The second-order valence-electron chi connectivity index (χ2n) is 4.71. The minimum absolute atomic E-state index is 0.0714. The van der Waals surface area contributed by atoms with Crippen LogP contribution in [-0.4, -0.2) is 11.5 Å². The monoisotopic (exact) mass is 322 g/mol. The summed E-state index contributed by atoms with van der Waals surface area (Å²) >= 11 is 7.63. The maximum atomic E-state index is 12.8. The van der Waals surface area contributed by atoms with Crippen LogP contribution < -0.4 is 0 Å². The molecule has 0 N–H and O–H groups in total. The molecule has 0 radical (unpaired) electrons. The lowest BCUT2D eigenvalue weighted by Crippen LogP contribution is -1.99. The number of hydrogen-bond donors (Lipinski definition) is 0. The van der Waals surface area contributed by atoms with E-state index in [2.05, 4.69) is 0 Å². The Morgan fingerprint density at radius 1 is 1.05 bits per heavy atom. The topological polar surface area (TPSA) is 17.1 Å². The lowest BCUT2D eigenvalue weighted by atomic mass is 10.1. The number of thioether (sulfide) groups is 1. The fourth-order valence-corrected chi connectivity index (χ4v) is 2.93. The minimum atomic E-state index is -0.315. The Labute approximate surface area is 133 Å². The molecule has 0 aliphatic rings. The average molecular weight is 323 g/mol. The molecule has 4 heteroatoms. The van der Waals surface area contributed by atoms with E-state index >= 15 is 0 Å². The van der Waals surface area contributed by atoms with Crippen molar-refractivity contribution >= 4 is 29.1 Å². The SMILES string of the molecule is O=C(CCCSCc1ccc(Cl)cc1)c1ccc(F)cc1. The highest BCUT2D eigenvalue weighted by atomic mass is 35.5. The Balaban J connectivity index is 1.66. The zero-order valence-corrected chi connectivity index (χ0v) is 13.1. The standard InChI is InChI=1S/C17H16ClFOS/c18-15-7-3-13(4-8-15)12-21-11-1-2-17(20)14-5-9-16(19)10-6-14/h3-10H,1-2,11-12H2. The molecule has 21 heavy (non-hydrogen) atoms. The van der Waals surface area contributed by atoms with Crippen LogP contribution in [0.5, 0.6) is 0 Å². The molecule has 0 bridgehead atoms. The Morgan fingerprint density at radius 2 is 1.71 bits per heavy atom. The van der Waals surface area contributed by atoms with Crippen molar-refractivity contribution in [1.82, 2.24) is 0 Å². The third-order valence-corrected chi connectivity index (χ3v) is 4.41. The number of carbonyl (C=O) groups is 1. The Bertz CT molecular complexity index is 581. The van der Waals surface area contributed by atoms with Crippen molar-refractivity contribution in [2.45, 2.75) is 18.6 Å². The number of halogens is 2. The number of carbonyl (C=O) groups excluding carboxylic acids is 1. The second-order valence-corrected chi connectivity index (χ2v) is 6.25. The van der Waals surface area contributed by atoms with Crippen molar-refractivity contribution in [3.63, 3.8) is 0 Å². The molecule has 0 atom stereocenters. The number of Topliss-reactive ketones (excluding diaryl/α,β-unsaturated/α-hetero) is 1. The molecule has 0 unspecified atom stereocenters. The van der Waals surface area contributed by atoms with E-state index in [4.69, 9.17) is 11.6 Å². The van der Waals surface area contributed by atoms with Crippen molar-refractivity contribution in [3.05, 3.63) is 70.5 Å². The van der Waals surface area contributed by atoms with Gasteiger partial charge in [-0.3, -0.25) is 4.79 Å². The summed E-state index contributed by atoms with van der Waals surface area (Å²) in [5.41, 5.74) is 1.81. The van der Waals surface area contributed by atoms with Gasteiger partial charge in [-0.05, 0) is 54.1 Å². The molecule has 0 saturated carbocycles. The van der Waals surface area contributed by atoms with Crippen LogP contribution in [-0.2, 0) is 5.75 Å². The molecule has 0 spiro atoms. The minimum Gasteiger partial charge on any atom is -0.294 e. The first-order valence-electron chi connectivity index (χ1n) is 6.76. The Morgan fingerprint density at radius 3 is 2.38 bits per heavy atom. The van der Waals surface area contributed by atoms with E-state index < -0.39 is 0 Å². The van der Waals surface area contributed by atoms with Crippen molar-refractivity contribution in [2.24, 2.45) is 0 Å². The predicted molar refractivity (Wildman–Crippen MR) is 87.6 cm³/mol. The summed E-state index contributed by atoms with van der Waals surface area (Å²) in [7, 11) is 0. The number of ketones is 1.